The van der Waals surface area contributed by atoms with Gasteiger partial charge in [0, 0.05) is 18.7 Å². The van der Waals surface area contributed by atoms with E-state index in [1.807, 2.05) is 0 Å². The number of alkyl halides is 1. The van der Waals surface area contributed by atoms with Crippen LogP contribution in [0, 0.1) is 47.3 Å². The van der Waals surface area contributed by atoms with E-state index in [1.165, 1.54) is 6.42 Å². The second kappa shape index (κ2) is 3.33. The molecule has 0 amide bonds. The molecule has 116 valence electrons. The smallest absolute Gasteiger partial charge is 0.348 e. The first-order valence-electron chi connectivity index (χ1n) is 8.25. The molecular formula is C17H17BrO4. The third-order valence-corrected chi connectivity index (χ3v) is 8.67. The molecule has 9 atom stereocenters. The van der Waals surface area contributed by atoms with Crippen LogP contribution in [-0.4, -0.2) is 22.6 Å². The van der Waals surface area contributed by atoms with Gasteiger partial charge in [0.2, 0.25) is 0 Å². The highest BCUT2D eigenvalue weighted by molar-refractivity contribution is 9.09. The Labute approximate surface area is 136 Å². The zero-order valence-electron chi connectivity index (χ0n) is 12.4. The SMILES string of the molecule is CC1(C)OC(=O)C(=C2C3C4CC5C6C4C2C6[C@H](Br)C53)C(=O)O1. The Morgan fingerprint density at radius 1 is 0.955 bits per heavy atom. The van der Waals surface area contributed by atoms with E-state index in [2.05, 4.69) is 15.9 Å². The summed E-state index contributed by atoms with van der Waals surface area (Å²) < 4.78 is 10.7. The molecule has 6 rings (SSSR count). The van der Waals surface area contributed by atoms with Gasteiger partial charge in [-0.15, -0.1) is 0 Å². The summed E-state index contributed by atoms with van der Waals surface area (Å²) in [6, 6.07) is 0. The van der Waals surface area contributed by atoms with Crippen LogP contribution in [0.5, 0.6) is 0 Å². The number of cyclic esters (lactones) is 2. The van der Waals surface area contributed by atoms with Crippen molar-refractivity contribution in [2.24, 2.45) is 47.3 Å². The molecule has 4 nitrogen and oxygen atoms in total. The summed E-state index contributed by atoms with van der Waals surface area (Å²) in [5.74, 6) is 3.08. The van der Waals surface area contributed by atoms with Gasteiger partial charge in [-0.25, -0.2) is 9.59 Å². The molecule has 0 N–H and O–H groups in total. The average molecular weight is 365 g/mol. The maximum absolute atomic E-state index is 12.5. The number of rotatable bonds is 0. The second-order valence-corrected chi connectivity index (χ2v) is 9.44. The Kier molecular flexibility index (Phi) is 1.90. The van der Waals surface area contributed by atoms with Gasteiger partial charge in [-0.2, -0.15) is 0 Å². The number of carbonyl (C=O) groups excluding carboxylic acids is 2. The summed E-state index contributed by atoms with van der Waals surface area (Å²) in [6.07, 6.45) is 1.30. The minimum absolute atomic E-state index is 0.247. The van der Waals surface area contributed by atoms with E-state index >= 15 is 0 Å². The fraction of sp³-hybridized carbons (Fsp3) is 0.765. The first-order chi connectivity index (χ1) is 10.4. The Bertz CT molecular complexity index is 673. The van der Waals surface area contributed by atoms with Crippen LogP contribution in [-0.2, 0) is 19.1 Å². The monoisotopic (exact) mass is 364 g/mol. The van der Waals surface area contributed by atoms with E-state index in [-0.39, 0.29) is 5.57 Å². The molecule has 5 heteroatoms. The summed E-state index contributed by atoms with van der Waals surface area (Å²) in [5, 5.41) is 0. The second-order valence-electron chi connectivity index (χ2n) is 8.38. The quantitative estimate of drug-likeness (QED) is 0.286. The van der Waals surface area contributed by atoms with Gasteiger partial charge in [0.15, 0.2) is 0 Å². The van der Waals surface area contributed by atoms with E-state index in [1.54, 1.807) is 13.8 Å². The fourth-order valence-electron chi connectivity index (χ4n) is 7.35. The van der Waals surface area contributed by atoms with E-state index < -0.39 is 17.7 Å². The Balaban J connectivity index is 1.53. The van der Waals surface area contributed by atoms with E-state index in [4.69, 9.17) is 9.47 Å². The summed E-state index contributed by atoms with van der Waals surface area (Å²) in [5.41, 5.74) is 1.36. The van der Waals surface area contributed by atoms with Gasteiger partial charge in [-0.3, -0.25) is 0 Å². The molecule has 0 aromatic rings. The van der Waals surface area contributed by atoms with Crippen LogP contribution < -0.4 is 0 Å². The maximum Gasteiger partial charge on any atom is 0.348 e. The van der Waals surface area contributed by atoms with E-state index in [9.17, 15) is 9.59 Å². The number of fused-ring (bicyclic) bond motifs is 2. The molecule has 0 radical (unpaired) electrons. The number of esters is 2. The lowest BCUT2D eigenvalue weighted by Crippen LogP contribution is -2.48. The number of ether oxygens (including phenoxy) is 2. The third kappa shape index (κ3) is 1.06. The Morgan fingerprint density at radius 3 is 2.32 bits per heavy atom. The highest BCUT2D eigenvalue weighted by Crippen LogP contribution is 2.85. The molecule has 0 aromatic heterocycles. The Morgan fingerprint density at radius 2 is 1.64 bits per heavy atom. The molecule has 5 saturated carbocycles. The highest BCUT2D eigenvalue weighted by Gasteiger charge is 2.82. The van der Waals surface area contributed by atoms with Crippen molar-refractivity contribution in [3.8, 4) is 0 Å². The lowest BCUT2D eigenvalue weighted by molar-refractivity contribution is -0.222. The van der Waals surface area contributed by atoms with Crippen LogP contribution in [0.4, 0.5) is 0 Å². The highest BCUT2D eigenvalue weighted by atomic mass is 79.9. The predicted octanol–water partition coefficient (Wildman–Crippen LogP) is 2.27. The van der Waals surface area contributed by atoms with Gasteiger partial charge in [0.25, 0.3) is 5.79 Å². The topological polar surface area (TPSA) is 52.6 Å². The molecule has 0 aromatic carbocycles. The third-order valence-electron chi connectivity index (χ3n) is 7.45. The van der Waals surface area contributed by atoms with Crippen LogP contribution in [0.1, 0.15) is 20.3 Å². The van der Waals surface area contributed by atoms with Gasteiger partial charge in [-0.05, 0) is 59.3 Å². The van der Waals surface area contributed by atoms with E-state index in [0.29, 0.717) is 34.4 Å². The van der Waals surface area contributed by atoms with Gasteiger partial charge in [0.05, 0.1) is 0 Å². The standard InChI is InChI=1S/C17H17BrO4/c1-17(2)21-15(19)13(16(20)22-17)11-8-4-3-5-7-6(4)10(11)12(7)14(18)9(5)8/h4-10,12,14H,3H2,1-2H3/t4?,5?,6?,7?,8?,9?,10?,12?,14-/m1/s1. The lowest BCUT2D eigenvalue weighted by Gasteiger charge is -2.48. The van der Waals surface area contributed by atoms with Crippen LogP contribution in [0.25, 0.3) is 0 Å². The fourth-order valence-corrected chi connectivity index (χ4v) is 8.75. The number of hydrogen-bond donors (Lipinski definition) is 0. The van der Waals surface area contributed by atoms with Gasteiger partial charge in [0.1, 0.15) is 5.57 Å². The van der Waals surface area contributed by atoms with Crippen LogP contribution in [0.3, 0.4) is 0 Å². The number of halogens is 1. The summed E-state index contributed by atoms with van der Waals surface area (Å²) in [4.78, 5) is 25.6. The molecule has 5 aliphatic carbocycles. The largest absolute Gasteiger partial charge is 0.419 e. The number of allylic oxidation sites excluding steroid dienone is 1. The molecule has 2 bridgehead atoms. The summed E-state index contributed by atoms with van der Waals surface area (Å²) >= 11 is 3.93. The number of carbonyl (C=O) groups is 2. The summed E-state index contributed by atoms with van der Waals surface area (Å²) in [7, 11) is 0. The molecule has 1 aliphatic heterocycles. The molecule has 6 aliphatic rings. The van der Waals surface area contributed by atoms with Crippen molar-refractivity contribution in [1.29, 1.82) is 0 Å². The van der Waals surface area contributed by atoms with Crippen molar-refractivity contribution in [3.05, 3.63) is 11.1 Å². The number of hydrogen-bond acceptors (Lipinski definition) is 4. The maximum atomic E-state index is 12.5. The first kappa shape index (κ1) is 12.6. The normalized spacial score (nSPS) is 58.2. The van der Waals surface area contributed by atoms with Gasteiger partial charge < -0.3 is 9.47 Å². The zero-order valence-corrected chi connectivity index (χ0v) is 14.0. The van der Waals surface area contributed by atoms with Crippen LogP contribution >= 0.6 is 15.9 Å². The molecule has 1 heterocycles. The molecule has 1 saturated heterocycles. The van der Waals surface area contributed by atoms with Crippen molar-refractivity contribution < 1.29 is 19.1 Å². The lowest BCUT2D eigenvalue weighted by atomic mass is 9.58. The molecular weight excluding hydrogens is 348 g/mol. The molecule has 0 spiro atoms. The van der Waals surface area contributed by atoms with Gasteiger partial charge >= 0.3 is 11.9 Å². The van der Waals surface area contributed by atoms with E-state index in [0.717, 1.165) is 23.3 Å². The van der Waals surface area contributed by atoms with Crippen LogP contribution in [0.2, 0.25) is 0 Å². The van der Waals surface area contributed by atoms with Crippen molar-refractivity contribution in [2.75, 3.05) is 0 Å². The minimum Gasteiger partial charge on any atom is -0.419 e. The minimum atomic E-state index is -1.14. The van der Waals surface area contributed by atoms with Crippen LogP contribution in [0.15, 0.2) is 11.1 Å². The van der Waals surface area contributed by atoms with Crippen molar-refractivity contribution in [2.45, 2.75) is 30.9 Å². The summed E-state index contributed by atoms with van der Waals surface area (Å²) in [6.45, 7) is 3.22. The predicted molar refractivity (Wildman–Crippen MR) is 78.5 cm³/mol. The van der Waals surface area contributed by atoms with Crippen molar-refractivity contribution in [1.82, 2.24) is 0 Å². The average Bonchev–Trinajstić information content (AvgIpc) is 2.87. The Hall–Kier alpha value is -0.840. The molecule has 22 heavy (non-hydrogen) atoms. The molecule has 8 unspecified atom stereocenters. The zero-order chi connectivity index (χ0) is 15.1. The molecule has 6 fully saturated rings. The van der Waals surface area contributed by atoms with Crippen molar-refractivity contribution >= 4 is 27.9 Å². The first-order valence-corrected chi connectivity index (χ1v) is 9.17. The van der Waals surface area contributed by atoms with Crippen molar-refractivity contribution in [3.63, 3.8) is 0 Å². The van der Waals surface area contributed by atoms with Gasteiger partial charge in [-0.1, -0.05) is 15.9 Å².